The zero-order chi connectivity index (χ0) is 10.7. The Bertz CT molecular complexity index is 341. The van der Waals surface area contributed by atoms with E-state index in [0.29, 0.717) is 0 Å². The molecule has 15 heavy (non-hydrogen) atoms. The molecule has 0 aliphatic carbocycles. The van der Waals surface area contributed by atoms with Crippen LogP contribution in [0.3, 0.4) is 0 Å². The molecule has 2 rings (SSSR count). The molecule has 1 atom stereocenters. The Morgan fingerprint density at radius 3 is 3.20 bits per heavy atom. The van der Waals surface area contributed by atoms with Crippen LogP contribution in [0.4, 0.5) is 0 Å². The fourth-order valence-corrected chi connectivity index (χ4v) is 1.62. The predicted molar refractivity (Wildman–Crippen MR) is 57.8 cm³/mol. The van der Waals surface area contributed by atoms with Crippen LogP contribution in [0.5, 0.6) is 5.88 Å². The van der Waals surface area contributed by atoms with Crippen molar-refractivity contribution in [1.29, 1.82) is 0 Å². The molecule has 0 radical (unpaired) electrons. The maximum absolute atomic E-state index is 5.77. The third-order valence-corrected chi connectivity index (χ3v) is 2.72. The summed E-state index contributed by atoms with van der Waals surface area (Å²) in [5.74, 6) is 0.751. The van der Waals surface area contributed by atoms with Crippen molar-refractivity contribution in [3.63, 3.8) is 0 Å². The third kappa shape index (κ3) is 2.26. The van der Waals surface area contributed by atoms with Gasteiger partial charge in [-0.2, -0.15) is 0 Å². The summed E-state index contributed by atoms with van der Waals surface area (Å²) in [6.07, 6.45) is 3.77. The van der Waals surface area contributed by atoms with Gasteiger partial charge < -0.3 is 10.1 Å². The van der Waals surface area contributed by atoms with E-state index in [2.05, 4.69) is 29.1 Å². The molecule has 0 aromatic carbocycles. The highest BCUT2D eigenvalue weighted by Gasteiger charge is 2.17. The normalized spacial score (nSPS) is 16.9. The van der Waals surface area contributed by atoms with Crippen LogP contribution in [0.2, 0.25) is 0 Å². The van der Waals surface area contributed by atoms with Crippen LogP contribution in [-0.2, 0) is 13.0 Å². The van der Waals surface area contributed by atoms with Crippen molar-refractivity contribution < 1.29 is 4.74 Å². The number of hydrogen-bond donors (Lipinski definition) is 1. The van der Waals surface area contributed by atoms with E-state index in [4.69, 9.17) is 4.74 Å². The van der Waals surface area contributed by atoms with E-state index in [1.54, 1.807) is 6.33 Å². The molecular weight excluding hydrogens is 190 g/mol. The topological polar surface area (TPSA) is 47.0 Å². The molecular formula is C11H17N3O. The highest BCUT2D eigenvalue weighted by Crippen LogP contribution is 2.21. The minimum atomic E-state index is 0.214. The smallest absolute Gasteiger partial charge is 0.221 e. The number of nitrogens with zero attached hydrogens (tertiary/aromatic N) is 2. The van der Waals surface area contributed by atoms with Crippen LogP contribution in [0.15, 0.2) is 6.33 Å². The van der Waals surface area contributed by atoms with Gasteiger partial charge in [0, 0.05) is 25.1 Å². The van der Waals surface area contributed by atoms with Gasteiger partial charge in [-0.3, -0.25) is 0 Å². The van der Waals surface area contributed by atoms with Crippen LogP contribution >= 0.6 is 0 Å². The van der Waals surface area contributed by atoms with Crippen molar-refractivity contribution in [2.75, 3.05) is 6.54 Å². The van der Waals surface area contributed by atoms with Crippen LogP contribution in [0.25, 0.3) is 0 Å². The van der Waals surface area contributed by atoms with Crippen molar-refractivity contribution in [2.24, 2.45) is 0 Å². The summed E-state index contributed by atoms with van der Waals surface area (Å²) < 4.78 is 5.77. The first-order valence-corrected chi connectivity index (χ1v) is 5.51. The summed E-state index contributed by atoms with van der Waals surface area (Å²) in [4.78, 5) is 8.49. The maximum Gasteiger partial charge on any atom is 0.221 e. The van der Waals surface area contributed by atoms with E-state index >= 15 is 0 Å². The largest absolute Gasteiger partial charge is 0.474 e. The molecule has 1 aliphatic heterocycles. The van der Waals surface area contributed by atoms with Gasteiger partial charge in [-0.1, -0.05) is 6.92 Å². The van der Waals surface area contributed by atoms with Crippen molar-refractivity contribution in [1.82, 2.24) is 15.3 Å². The van der Waals surface area contributed by atoms with Gasteiger partial charge in [0.05, 0.1) is 11.8 Å². The van der Waals surface area contributed by atoms with Crippen LogP contribution in [0, 0.1) is 0 Å². The molecule has 1 aromatic heterocycles. The number of aromatic nitrogens is 2. The summed E-state index contributed by atoms with van der Waals surface area (Å²) >= 11 is 0. The quantitative estimate of drug-likeness (QED) is 0.811. The Balaban J connectivity index is 2.23. The van der Waals surface area contributed by atoms with Gasteiger partial charge in [-0.05, 0) is 13.3 Å². The monoisotopic (exact) mass is 207 g/mol. The number of hydrogen-bond acceptors (Lipinski definition) is 4. The summed E-state index contributed by atoms with van der Waals surface area (Å²) in [6.45, 7) is 5.98. The minimum Gasteiger partial charge on any atom is -0.474 e. The molecule has 4 nitrogen and oxygen atoms in total. The average molecular weight is 207 g/mol. The van der Waals surface area contributed by atoms with Gasteiger partial charge in [0.25, 0.3) is 0 Å². The Kier molecular flexibility index (Phi) is 3.16. The fourth-order valence-electron chi connectivity index (χ4n) is 1.62. The molecule has 0 saturated carbocycles. The first-order valence-electron chi connectivity index (χ1n) is 5.51. The molecule has 82 valence electrons. The lowest BCUT2D eigenvalue weighted by Crippen LogP contribution is -2.26. The molecule has 1 unspecified atom stereocenters. The second kappa shape index (κ2) is 4.57. The molecule has 0 fully saturated rings. The van der Waals surface area contributed by atoms with Crippen LogP contribution < -0.4 is 10.1 Å². The molecule has 1 aromatic rings. The second-order valence-electron chi connectivity index (χ2n) is 3.87. The number of fused-ring (bicyclic) bond motifs is 1. The maximum atomic E-state index is 5.77. The lowest BCUT2D eigenvalue weighted by molar-refractivity contribution is 0.204. The first kappa shape index (κ1) is 10.4. The molecule has 0 saturated heterocycles. The van der Waals surface area contributed by atoms with Crippen molar-refractivity contribution in [2.45, 2.75) is 39.3 Å². The van der Waals surface area contributed by atoms with Crippen molar-refractivity contribution in [3.05, 3.63) is 17.6 Å². The summed E-state index contributed by atoms with van der Waals surface area (Å²) in [7, 11) is 0. The van der Waals surface area contributed by atoms with E-state index in [1.165, 1.54) is 0 Å². The van der Waals surface area contributed by atoms with Gasteiger partial charge in [-0.25, -0.2) is 9.97 Å². The lowest BCUT2D eigenvalue weighted by atomic mass is 10.1. The SMILES string of the molecule is CCC(C)Oc1ncnc2c1CNCC2. The van der Waals surface area contributed by atoms with Crippen LogP contribution in [0.1, 0.15) is 31.5 Å². The zero-order valence-corrected chi connectivity index (χ0v) is 9.29. The van der Waals surface area contributed by atoms with Gasteiger partial charge >= 0.3 is 0 Å². The first-order chi connectivity index (χ1) is 7.31. The van der Waals surface area contributed by atoms with Gasteiger partial charge in [-0.15, -0.1) is 0 Å². The van der Waals surface area contributed by atoms with Crippen LogP contribution in [-0.4, -0.2) is 22.6 Å². The Morgan fingerprint density at radius 1 is 1.53 bits per heavy atom. The molecule has 1 N–H and O–H groups in total. The zero-order valence-electron chi connectivity index (χ0n) is 9.29. The Hall–Kier alpha value is -1.16. The fraction of sp³-hybridized carbons (Fsp3) is 0.636. The molecule has 0 spiro atoms. The Labute approximate surface area is 90.1 Å². The van der Waals surface area contributed by atoms with Crippen molar-refractivity contribution >= 4 is 0 Å². The van der Waals surface area contributed by atoms with Gasteiger partial charge in [0.15, 0.2) is 0 Å². The lowest BCUT2D eigenvalue weighted by Gasteiger charge is -2.20. The number of nitrogens with one attached hydrogen (secondary N) is 1. The number of ether oxygens (including phenoxy) is 1. The van der Waals surface area contributed by atoms with E-state index in [1.807, 2.05) is 0 Å². The molecule has 1 aliphatic rings. The third-order valence-electron chi connectivity index (χ3n) is 2.72. The highest BCUT2D eigenvalue weighted by molar-refractivity contribution is 5.31. The Morgan fingerprint density at radius 2 is 2.40 bits per heavy atom. The van der Waals surface area contributed by atoms with E-state index in [9.17, 15) is 0 Å². The van der Waals surface area contributed by atoms with Gasteiger partial charge in [0.1, 0.15) is 6.33 Å². The average Bonchev–Trinajstić information content (AvgIpc) is 2.29. The molecule has 4 heteroatoms. The number of rotatable bonds is 3. The highest BCUT2D eigenvalue weighted by atomic mass is 16.5. The molecule has 0 bridgehead atoms. The standard InChI is InChI=1S/C11H17N3O/c1-3-8(2)15-11-9-6-12-5-4-10(9)13-7-14-11/h7-8,12H,3-6H2,1-2H3. The summed E-state index contributed by atoms with van der Waals surface area (Å²) in [5.41, 5.74) is 2.26. The summed E-state index contributed by atoms with van der Waals surface area (Å²) in [5, 5.41) is 3.31. The predicted octanol–water partition coefficient (Wildman–Crippen LogP) is 1.30. The van der Waals surface area contributed by atoms with E-state index in [0.717, 1.165) is 43.1 Å². The second-order valence-corrected chi connectivity index (χ2v) is 3.87. The summed E-state index contributed by atoms with van der Waals surface area (Å²) in [6, 6.07) is 0. The molecule has 0 amide bonds. The van der Waals surface area contributed by atoms with Gasteiger partial charge in [0.2, 0.25) is 5.88 Å². The van der Waals surface area contributed by atoms with Crippen molar-refractivity contribution in [3.8, 4) is 5.88 Å². The van der Waals surface area contributed by atoms with E-state index in [-0.39, 0.29) is 6.10 Å². The van der Waals surface area contributed by atoms with E-state index < -0.39 is 0 Å². The minimum absolute atomic E-state index is 0.214. The molecule has 2 heterocycles.